The molecule has 2 heterocycles. The Morgan fingerprint density at radius 2 is 1.61 bits per heavy atom. The number of piperidine rings is 1. The van der Waals surface area contributed by atoms with Gasteiger partial charge in [-0.3, -0.25) is 9.59 Å². The molecule has 4 rings (SSSR count). The summed E-state index contributed by atoms with van der Waals surface area (Å²) in [5.41, 5.74) is 2.81. The highest BCUT2D eigenvalue weighted by atomic mass is 16.5. The highest BCUT2D eigenvalue weighted by Gasteiger charge is 2.32. The first kappa shape index (κ1) is 18.7. The minimum atomic E-state index is -0.104. The topological polar surface area (TPSA) is 49.9 Å². The van der Waals surface area contributed by atoms with E-state index < -0.39 is 0 Å². The van der Waals surface area contributed by atoms with Crippen LogP contribution < -0.4 is 0 Å². The SMILES string of the molecule is O=C(c1cccc(-c2ccccc2)c1)N1CCC[C@@H](C(=O)N2CCOCC2)C1. The molecule has 2 aromatic carbocycles. The van der Waals surface area contributed by atoms with Crippen molar-refractivity contribution in [2.75, 3.05) is 39.4 Å². The van der Waals surface area contributed by atoms with Crippen LogP contribution in [0.5, 0.6) is 0 Å². The molecule has 0 unspecified atom stereocenters. The number of likely N-dealkylation sites (tertiary alicyclic amines) is 1. The van der Waals surface area contributed by atoms with Crippen LogP contribution in [0.2, 0.25) is 0 Å². The Bertz CT molecular complexity index is 831. The first-order valence-electron chi connectivity index (χ1n) is 10.0. The molecular weight excluding hydrogens is 352 g/mol. The normalized spacial score (nSPS) is 20.1. The van der Waals surface area contributed by atoms with Crippen molar-refractivity contribution in [2.45, 2.75) is 12.8 Å². The molecule has 2 aliphatic rings. The van der Waals surface area contributed by atoms with Gasteiger partial charge in [0.1, 0.15) is 0 Å². The fourth-order valence-electron chi connectivity index (χ4n) is 4.05. The van der Waals surface area contributed by atoms with Gasteiger partial charge in [0.15, 0.2) is 0 Å². The number of hydrogen-bond donors (Lipinski definition) is 0. The summed E-state index contributed by atoms with van der Waals surface area (Å²) in [4.78, 5) is 29.7. The van der Waals surface area contributed by atoms with Gasteiger partial charge in [0, 0.05) is 31.7 Å². The molecule has 0 N–H and O–H groups in total. The van der Waals surface area contributed by atoms with Crippen molar-refractivity contribution in [3.8, 4) is 11.1 Å². The molecule has 2 saturated heterocycles. The van der Waals surface area contributed by atoms with E-state index in [1.165, 1.54) is 0 Å². The van der Waals surface area contributed by atoms with E-state index in [-0.39, 0.29) is 17.7 Å². The van der Waals surface area contributed by atoms with Crippen LogP contribution in [-0.4, -0.2) is 61.0 Å². The van der Waals surface area contributed by atoms with Gasteiger partial charge < -0.3 is 14.5 Å². The number of hydrogen-bond acceptors (Lipinski definition) is 3. The summed E-state index contributed by atoms with van der Waals surface area (Å²) < 4.78 is 5.34. The summed E-state index contributed by atoms with van der Waals surface area (Å²) in [6, 6.07) is 17.8. The minimum absolute atomic E-state index is 0.0114. The molecule has 2 amide bonds. The standard InChI is InChI=1S/C23H26N2O3/c26-22(20-9-4-8-19(16-20)18-6-2-1-3-7-18)25-11-5-10-21(17-25)23(27)24-12-14-28-15-13-24/h1-4,6-9,16,21H,5,10-15,17H2/t21-/m1/s1. The van der Waals surface area contributed by atoms with Crippen LogP contribution in [0.25, 0.3) is 11.1 Å². The fraction of sp³-hybridized carbons (Fsp3) is 0.391. The number of benzene rings is 2. The highest BCUT2D eigenvalue weighted by Crippen LogP contribution is 2.24. The quantitative estimate of drug-likeness (QED) is 0.825. The van der Waals surface area contributed by atoms with E-state index in [9.17, 15) is 9.59 Å². The number of morpholine rings is 1. The maximum absolute atomic E-state index is 13.1. The van der Waals surface area contributed by atoms with Gasteiger partial charge in [0.25, 0.3) is 5.91 Å². The maximum atomic E-state index is 13.1. The molecular formula is C23H26N2O3. The molecule has 146 valence electrons. The molecule has 5 nitrogen and oxygen atoms in total. The Morgan fingerprint density at radius 3 is 2.39 bits per heavy atom. The Morgan fingerprint density at radius 1 is 0.857 bits per heavy atom. The maximum Gasteiger partial charge on any atom is 0.253 e. The zero-order chi connectivity index (χ0) is 19.3. The van der Waals surface area contributed by atoms with Gasteiger partial charge in [-0.05, 0) is 36.1 Å². The number of ether oxygens (including phenoxy) is 1. The number of carbonyl (C=O) groups excluding carboxylic acids is 2. The van der Waals surface area contributed by atoms with Gasteiger partial charge in [-0.25, -0.2) is 0 Å². The van der Waals surface area contributed by atoms with Crippen molar-refractivity contribution < 1.29 is 14.3 Å². The molecule has 0 radical (unpaired) electrons. The summed E-state index contributed by atoms with van der Waals surface area (Å²) >= 11 is 0. The van der Waals surface area contributed by atoms with Gasteiger partial charge in [-0.2, -0.15) is 0 Å². The van der Waals surface area contributed by atoms with Gasteiger partial charge >= 0.3 is 0 Å². The Hall–Kier alpha value is -2.66. The summed E-state index contributed by atoms with van der Waals surface area (Å²) in [5.74, 6) is 0.0733. The van der Waals surface area contributed by atoms with Crippen LogP contribution in [0.15, 0.2) is 54.6 Å². The second-order valence-corrected chi connectivity index (χ2v) is 7.47. The lowest BCUT2D eigenvalue weighted by molar-refractivity contribution is -0.141. The minimum Gasteiger partial charge on any atom is -0.378 e. The third-order valence-corrected chi connectivity index (χ3v) is 5.60. The van der Waals surface area contributed by atoms with E-state index in [0.29, 0.717) is 45.0 Å². The van der Waals surface area contributed by atoms with E-state index in [4.69, 9.17) is 4.74 Å². The second kappa shape index (κ2) is 8.57. The molecule has 1 atom stereocenters. The highest BCUT2D eigenvalue weighted by molar-refractivity contribution is 5.96. The number of amides is 2. The van der Waals surface area contributed by atoms with Gasteiger partial charge in [0.2, 0.25) is 5.91 Å². The van der Waals surface area contributed by atoms with E-state index in [1.54, 1.807) is 0 Å². The van der Waals surface area contributed by atoms with Crippen molar-refractivity contribution in [1.29, 1.82) is 0 Å². The van der Waals surface area contributed by atoms with E-state index in [2.05, 4.69) is 0 Å². The molecule has 0 saturated carbocycles. The van der Waals surface area contributed by atoms with Crippen LogP contribution in [0, 0.1) is 5.92 Å². The first-order chi connectivity index (χ1) is 13.7. The van der Waals surface area contributed by atoms with Crippen LogP contribution in [0.3, 0.4) is 0 Å². The van der Waals surface area contributed by atoms with Crippen molar-refractivity contribution in [3.05, 3.63) is 60.2 Å². The molecule has 0 aromatic heterocycles. The van der Waals surface area contributed by atoms with Crippen molar-refractivity contribution >= 4 is 11.8 Å². The molecule has 0 aliphatic carbocycles. The molecule has 28 heavy (non-hydrogen) atoms. The zero-order valence-corrected chi connectivity index (χ0v) is 16.0. The first-order valence-corrected chi connectivity index (χ1v) is 10.0. The molecule has 2 fully saturated rings. The van der Waals surface area contributed by atoms with Crippen molar-refractivity contribution in [2.24, 2.45) is 5.92 Å². The van der Waals surface area contributed by atoms with E-state index in [0.717, 1.165) is 24.0 Å². The number of nitrogens with zero attached hydrogens (tertiary/aromatic N) is 2. The Balaban J connectivity index is 1.46. The van der Waals surface area contributed by atoms with Crippen LogP contribution in [0.1, 0.15) is 23.2 Å². The van der Waals surface area contributed by atoms with Crippen LogP contribution >= 0.6 is 0 Å². The van der Waals surface area contributed by atoms with Gasteiger partial charge in [0.05, 0.1) is 19.1 Å². The Labute approximate surface area is 165 Å². The lowest BCUT2D eigenvalue weighted by Crippen LogP contribution is -2.49. The van der Waals surface area contributed by atoms with E-state index >= 15 is 0 Å². The van der Waals surface area contributed by atoms with Crippen LogP contribution in [-0.2, 0) is 9.53 Å². The lowest BCUT2D eigenvalue weighted by Gasteiger charge is -2.36. The largest absolute Gasteiger partial charge is 0.378 e. The average molecular weight is 378 g/mol. The fourth-order valence-corrected chi connectivity index (χ4v) is 4.05. The Kier molecular flexibility index (Phi) is 5.72. The summed E-state index contributed by atoms with van der Waals surface area (Å²) in [6.45, 7) is 3.73. The lowest BCUT2D eigenvalue weighted by atomic mass is 9.95. The predicted molar refractivity (Wildman–Crippen MR) is 108 cm³/mol. The zero-order valence-electron chi connectivity index (χ0n) is 16.0. The number of rotatable bonds is 3. The second-order valence-electron chi connectivity index (χ2n) is 7.47. The molecule has 2 aromatic rings. The van der Waals surface area contributed by atoms with Gasteiger partial charge in [-0.15, -0.1) is 0 Å². The monoisotopic (exact) mass is 378 g/mol. The van der Waals surface area contributed by atoms with Crippen molar-refractivity contribution in [3.63, 3.8) is 0 Å². The summed E-state index contributed by atoms with van der Waals surface area (Å²) in [6.07, 6.45) is 1.72. The molecule has 2 aliphatic heterocycles. The smallest absolute Gasteiger partial charge is 0.253 e. The average Bonchev–Trinajstić information content (AvgIpc) is 2.79. The summed E-state index contributed by atoms with van der Waals surface area (Å²) in [7, 11) is 0. The van der Waals surface area contributed by atoms with Crippen LogP contribution in [0.4, 0.5) is 0 Å². The predicted octanol–water partition coefficient (Wildman–Crippen LogP) is 3.06. The van der Waals surface area contributed by atoms with E-state index in [1.807, 2.05) is 64.4 Å². The molecule has 0 bridgehead atoms. The number of carbonyl (C=O) groups is 2. The molecule has 5 heteroatoms. The third kappa shape index (κ3) is 4.09. The molecule has 0 spiro atoms. The van der Waals surface area contributed by atoms with Crippen molar-refractivity contribution in [1.82, 2.24) is 9.80 Å². The summed E-state index contributed by atoms with van der Waals surface area (Å²) in [5, 5.41) is 0. The third-order valence-electron chi connectivity index (χ3n) is 5.60. The van der Waals surface area contributed by atoms with Gasteiger partial charge in [-0.1, -0.05) is 42.5 Å².